The van der Waals surface area contributed by atoms with E-state index in [0.29, 0.717) is 18.7 Å². The van der Waals surface area contributed by atoms with Gasteiger partial charge in [0.1, 0.15) is 0 Å². The average molecular weight is 360 g/mol. The Labute approximate surface area is 148 Å². The van der Waals surface area contributed by atoms with E-state index in [0.717, 1.165) is 5.56 Å². The molecule has 0 unspecified atom stereocenters. The molecule has 138 valence electrons. The van der Waals surface area contributed by atoms with Crippen molar-refractivity contribution in [2.24, 2.45) is 5.92 Å². The van der Waals surface area contributed by atoms with Crippen molar-refractivity contribution >= 4 is 5.91 Å². The molecule has 9 heteroatoms. The number of aliphatic hydroxyl groups is 1. The zero-order valence-corrected chi connectivity index (χ0v) is 14.2. The highest BCUT2D eigenvalue weighted by Gasteiger charge is 2.35. The SMILES string of the molecule is COc1ccc([C@@H](NC(=O)Cc2c[nH]c(=O)[nH]c2=O)C2CC(O)C2)cn1. The topological polar surface area (TPSA) is 137 Å². The fraction of sp³-hybridized carbons (Fsp3) is 0.412. The highest BCUT2D eigenvalue weighted by Crippen LogP contribution is 2.38. The van der Waals surface area contributed by atoms with Crippen LogP contribution in [-0.2, 0) is 11.2 Å². The van der Waals surface area contributed by atoms with Crippen LogP contribution in [0.2, 0.25) is 0 Å². The van der Waals surface area contributed by atoms with E-state index in [4.69, 9.17) is 4.74 Å². The van der Waals surface area contributed by atoms with E-state index >= 15 is 0 Å². The predicted octanol–water partition coefficient (Wildman–Crippen LogP) is -0.362. The Bertz CT molecular complexity index is 883. The predicted molar refractivity (Wildman–Crippen MR) is 91.8 cm³/mol. The van der Waals surface area contributed by atoms with Crippen molar-refractivity contribution in [1.29, 1.82) is 0 Å². The van der Waals surface area contributed by atoms with E-state index in [1.807, 2.05) is 6.07 Å². The molecule has 1 aliphatic carbocycles. The number of hydrogen-bond acceptors (Lipinski definition) is 6. The number of aromatic amines is 2. The number of aliphatic hydroxyl groups excluding tert-OH is 1. The molecule has 1 amide bonds. The van der Waals surface area contributed by atoms with Crippen molar-refractivity contribution in [3.8, 4) is 5.88 Å². The fourth-order valence-corrected chi connectivity index (χ4v) is 3.04. The Kier molecular flexibility index (Phi) is 5.17. The van der Waals surface area contributed by atoms with Crippen LogP contribution in [0.3, 0.4) is 0 Å². The minimum atomic E-state index is -0.621. The van der Waals surface area contributed by atoms with Gasteiger partial charge in [-0.25, -0.2) is 9.78 Å². The van der Waals surface area contributed by atoms with Gasteiger partial charge in [-0.1, -0.05) is 6.07 Å². The number of carbonyl (C=O) groups excluding carboxylic acids is 1. The molecule has 2 heterocycles. The van der Waals surface area contributed by atoms with Crippen LogP contribution >= 0.6 is 0 Å². The second kappa shape index (κ2) is 7.52. The standard InChI is InChI=1S/C17H20N4O5/c1-26-14-3-2-9(7-18-14)15(10-4-12(22)5-10)20-13(23)6-11-8-19-17(25)21-16(11)24/h2-3,7-8,10,12,15,22H,4-6H2,1H3,(H,20,23)(H2,19,21,24,25)/t10?,12?,15-/m1/s1. The third-order valence-corrected chi connectivity index (χ3v) is 4.51. The van der Waals surface area contributed by atoms with Crippen LogP contribution in [-0.4, -0.2) is 39.2 Å². The number of ether oxygens (including phenoxy) is 1. The van der Waals surface area contributed by atoms with Crippen LogP contribution in [0.4, 0.5) is 0 Å². The lowest BCUT2D eigenvalue weighted by atomic mass is 9.75. The Morgan fingerprint density at radius 1 is 1.42 bits per heavy atom. The van der Waals surface area contributed by atoms with E-state index in [1.165, 1.54) is 13.3 Å². The third-order valence-electron chi connectivity index (χ3n) is 4.51. The molecule has 0 spiro atoms. The smallest absolute Gasteiger partial charge is 0.325 e. The molecule has 26 heavy (non-hydrogen) atoms. The molecular weight excluding hydrogens is 340 g/mol. The van der Waals surface area contributed by atoms with Crippen molar-refractivity contribution in [2.45, 2.75) is 31.4 Å². The summed E-state index contributed by atoms with van der Waals surface area (Å²) in [5.41, 5.74) is -0.246. The summed E-state index contributed by atoms with van der Waals surface area (Å²) < 4.78 is 5.04. The Morgan fingerprint density at radius 2 is 2.19 bits per heavy atom. The molecule has 0 bridgehead atoms. The first-order valence-electron chi connectivity index (χ1n) is 8.24. The van der Waals surface area contributed by atoms with Crippen LogP contribution in [0.5, 0.6) is 5.88 Å². The lowest BCUT2D eigenvalue weighted by Gasteiger charge is -2.38. The Hall–Kier alpha value is -2.94. The number of hydrogen-bond donors (Lipinski definition) is 4. The van der Waals surface area contributed by atoms with Crippen molar-refractivity contribution in [2.75, 3.05) is 7.11 Å². The number of methoxy groups -OCH3 is 1. The molecule has 1 fully saturated rings. The number of nitrogens with zero attached hydrogens (tertiary/aromatic N) is 1. The lowest BCUT2D eigenvalue weighted by Crippen LogP contribution is -2.42. The van der Waals surface area contributed by atoms with E-state index in [1.54, 1.807) is 12.3 Å². The van der Waals surface area contributed by atoms with Crippen LogP contribution in [0, 0.1) is 5.92 Å². The van der Waals surface area contributed by atoms with Gasteiger partial charge in [-0.2, -0.15) is 0 Å². The molecule has 9 nitrogen and oxygen atoms in total. The van der Waals surface area contributed by atoms with Crippen molar-refractivity contribution < 1.29 is 14.6 Å². The number of rotatable bonds is 6. The molecule has 4 N–H and O–H groups in total. The summed E-state index contributed by atoms with van der Waals surface area (Å²) in [7, 11) is 1.52. The quantitative estimate of drug-likeness (QED) is 0.555. The van der Waals surface area contributed by atoms with Gasteiger partial charge in [0.25, 0.3) is 5.56 Å². The zero-order valence-electron chi connectivity index (χ0n) is 14.2. The summed E-state index contributed by atoms with van der Waals surface area (Å²) in [5.74, 6) is 0.190. The second-order valence-electron chi connectivity index (χ2n) is 6.34. The number of aromatic nitrogens is 3. The normalized spacial score (nSPS) is 20.1. The van der Waals surface area contributed by atoms with Gasteiger partial charge >= 0.3 is 5.69 Å². The summed E-state index contributed by atoms with van der Waals surface area (Å²) in [6.45, 7) is 0. The van der Waals surface area contributed by atoms with Gasteiger partial charge in [-0.05, 0) is 24.3 Å². The highest BCUT2D eigenvalue weighted by molar-refractivity contribution is 5.78. The molecular formula is C17H20N4O5. The first-order chi connectivity index (χ1) is 12.5. The van der Waals surface area contributed by atoms with Gasteiger partial charge in [-0.15, -0.1) is 0 Å². The molecule has 2 aromatic rings. The number of nitrogens with one attached hydrogen (secondary N) is 3. The number of amides is 1. The molecule has 1 saturated carbocycles. The maximum Gasteiger partial charge on any atom is 0.325 e. The molecule has 2 aromatic heterocycles. The van der Waals surface area contributed by atoms with Crippen LogP contribution in [0.25, 0.3) is 0 Å². The molecule has 0 saturated heterocycles. The first kappa shape index (κ1) is 17.9. The minimum Gasteiger partial charge on any atom is -0.481 e. The number of pyridine rings is 1. The van der Waals surface area contributed by atoms with Crippen LogP contribution in [0.1, 0.15) is 30.0 Å². The minimum absolute atomic E-state index is 0.0815. The van der Waals surface area contributed by atoms with Gasteiger partial charge in [0.2, 0.25) is 11.8 Å². The van der Waals surface area contributed by atoms with Crippen LogP contribution in [0.15, 0.2) is 34.1 Å². The molecule has 0 aliphatic heterocycles. The molecule has 1 aliphatic rings. The van der Waals surface area contributed by atoms with Gasteiger partial charge in [0.15, 0.2) is 0 Å². The molecule has 0 aromatic carbocycles. The monoisotopic (exact) mass is 360 g/mol. The van der Waals surface area contributed by atoms with Crippen LogP contribution < -0.4 is 21.3 Å². The fourth-order valence-electron chi connectivity index (χ4n) is 3.04. The number of carbonyl (C=O) groups is 1. The van der Waals surface area contributed by atoms with Gasteiger partial charge in [-0.3, -0.25) is 14.6 Å². The summed E-state index contributed by atoms with van der Waals surface area (Å²) in [4.78, 5) is 43.8. The summed E-state index contributed by atoms with van der Waals surface area (Å²) in [6.07, 6.45) is 3.49. The van der Waals surface area contributed by atoms with Gasteiger partial charge in [0, 0.05) is 24.0 Å². The average Bonchev–Trinajstić information content (AvgIpc) is 2.60. The maximum atomic E-state index is 12.4. The van der Waals surface area contributed by atoms with E-state index in [-0.39, 0.29) is 36.0 Å². The van der Waals surface area contributed by atoms with Crippen molar-refractivity contribution in [3.63, 3.8) is 0 Å². The van der Waals surface area contributed by atoms with E-state index in [9.17, 15) is 19.5 Å². The van der Waals surface area contributed by atoms with Crippen molar-refractivity contribution in [3.05, 3.63) is 56.5 Å². The zero-order chi connectivity index (χ0) is 18.7. The van der Waals surface area contributed by atoms with Crippen molar-refractivity contribution in [1.82, 2.24) is 20.3 Å². The Balaban J connectivity index is 1.75. The third kappa shape index (κ3) is 3.99. The summed E-state index contributed by atoms with van der Waals surface area (Å²) in [5, 5.41) is 12.5. The lowest BCUT2D eigenvalue weighted by molar-refractivity contribution is -0.122. The Morgan fingerprint density at radius 3 is 2.77 bits per heavy atom. The van der Waals surface area contributed by atoms with Gasteiger partial charge < -0.3 is 20.1 Å². The molecule has 0 radical (unpaired) electrons. The first-order valence-corrected chi connectivity index (χ1v) is 8.24. The maximum absolute atomic E-state index is 12.4. The largest absolute Gasteiger partial charge is 0.481 e. The van der Waals surface area contributed by atoms with E-state index in [2.05, 4.69) is 20.3 Å². The molecule has 1 atom stereocenters. The van der Waals surface area contributed by atoms with E-state index < -0.39 is 11.2 Å². The summed E-state index contributed by atoms with van der Waals surface area (Å²) >= 11 is 0. The highest BCUT2D eigenvalue weighted by atomic mass is 16.5. The second-order valence-corrected chi connectivity index (χ2v) is 6.34. The van der Waals surface area contributed by atoms with Gasteiger partial charge in [0.05, 0.1) is 25.7 Å². The summed E-state index contributed by atoms with van der Waals surface area (Å²) in [6, 6.07) is 3.19. The molecule has 3 rings (SSSR count). The number of H-pyrrole nitrogens is 2.